The molecule has 0 spiro atoms. The molecular weight excluding hydrogens is 298 g/mol. The van der Waals surface area contributed by atoms with Gasteiger partial charge < -0.3 is 4.74 Å². The van der Waals surface area contributed by atoms with E-state index in [0.29, 0.717) is 10.7 Å². The van der Waals surface area contributed by atoms with E-state index in [9.17, 15) is 22.4 Å². The summed E-state index contributed by atoms with van der Waals surface area (Å²) in [7, 11) is 0. The average molecular weight is 307 g/mol. The van der Waals surface area contributed by atoms with E-state index in [1.54, 1.807) is 0 Å². The molecule has 0 unspecified atom stereocenters. The molecule has 0 bridgehead atoms. The fourth-order valence-electron chi connectivity index (χ4n) is 1.48. The molecule has 11 heteroatoms. The van der Waals surface area contributed by atoms with Crippen LogP contribution in [0.25, 0.3) is 0 Å². The second-order valence-corrected chi connectivity index (χ2v) is 3.85. The fraction of sp³-hybridized carbons (Fsp3) is 0.400. The highest BCUT2D eigenvalue weighted by Gasteiger charge is 2.22. The van der Waals surface area contributed by atoms with Gasteiger partial charge >= 0.3 is 5.97 Å². The van der Waals surface area contributed by atoms with Crippen molar-refractivity contribution in [1.82, 2.24) is 25.0 Å². The lowest BCUT2D eigenvalue weighted by molar-refractivity contribution is -0.146. The number of carbonyl (C=O) groups excluding carboxylic acids is 1. The summed E-state index contributed by atoms with van der Waals surface area (Å²) in [5, 5.41) is 9.21. The molecule has 2 aromatic heterocycles. The van der Waals surface area contributed by atoms with Gasteiger partial charge in [-0.1, -0.05) is 0 Å². The van der Waals surface area contributed by atoms with Crippen LogP contribution in [0.5, 0.6) is 0 Å². The lowest BCUT2D eigenvalue weighted by Crippen LogP contribution is -2.17. The highest BCUT2D eigenvalue weighted by molar-refractivity contribution is 5.69. The van der Waals surface area contributed by atoms with Gasteiger partial charge in [-0.2, -0.15) is 10.2 Å². The summed E-state index contributed by atoms with van der Waals surface area (Å²) in [5.74, 6) is -0.664. The van der Waals surface area contributed by atoms with Crippen LogP contribution in [0.1, 0.15) is 30.1 Å². The van der Waals surface area contributed by atoms with Gasteiger partial charge in [0.1, 0.15) is 24.3 Å². The zero-order valence-corrected chi connectivity index (χ0v) is 10.3. The van der Waals surface area contributed by atoms with Gasteiger partial charge in [0.15, 0.2) is 12.4 Å². The number of hydrogen-bond acceptors (Lipinski definition) is 5. The van der Waals surface area contributed by atoms with E-state index >= 15 is 0 Å². The lowest BCUT2D eigenvalue weighted by Gasteiger charge is -2.06. The summed E-state index contributed by atoms with van der Waals surface area (Å²) < 4.78 is 55.5. The van der Waals surface area contributed by atoms with Crippen molar-refractivity contribution >= 4 is 5.97 Å². The number of halogens is 4. The first-order chi connectivity index (χ1) is 9.97. The molecule has 2 aromatic rings. The van der Waals surface area contributed by atoms with Crippen molar-refractivity contribution in [3.63, 3.8) is 0 Å². The molecule has 0 saturated carbocycles. The van der Waals surface area contributed by atoms with Crippen LogP contribution in [-0.2, 0) is 22.7 Å². The number of carbonyl (C=O) groups is 1. The smallest absolute Gasteiger partial charge is 0.328 e. The van der Waals surface area contributed by atoms with E-state index < -0.39 is 36.8 Å². The van der Waals surface area contributed by atoms with Gasteiger partial charge in [-0.3, -0.25) is 14.6 Å². The van der Waals surface area contributed by atoms with Crippen LogP contribution in [0.4, 0.5) is 17.6 Å². The molecule has 21 heavy (non-hydrogen) atoms. The molecule has 1 N–H and O–H groups in total. The zero-order valence-electron chi connectivity index (χ0n) is 10.3. The molecule has 0 aromatic carbocycles. The van der Waals surface area contributed by atoms with Crippen LogP contribution < -0.4 is 0 Å². The monoisotopic (exact) mass is 307 g/mol. The van der Waals surface area contributed by atoms with Crippen molar-refractivity contribution in [3.05, 3.63) is 29.6 Å². The van der Waals surface area contributed by atoms with Crippen LogP contribution in [0.2, 0.25) is 0 Å². The first-order valence-corrected chi connectivity index (χ1v) is 5.61. The van der Waals surface area contributed by atoms with Gasteiger partial charge in [0.2, 0.25) is 0 Å². The normalized spacial score (nSPS) is 11.3. The Morgan fingerprint density at radius 2 is 2.10 bits per heavy atom. The number of aromatic nitrogens is 5. The number of H-pyrrole nitrogens is 1. The van der Waals surface area contributed by atoms with Gasteiger partial charge in [0.25, 0.3) is 12.9 Å². The molecule has 2 rings (SSSR count). The minimum absolute atomic E-state index is 0.244. The standard InChI is InChI=1S/C10H9F4N5O2/c11-9(12)5-1-6(10(13)14)19(18-5)2-8(20)21-3-7-15-4-16-17-7/h1,4,9-10H,2-3H2,(H,15,16,17). The highest BCUT2D eigenvalue weighted by Crippen LogP contribution is 2.24. The number of ether oxygens (including phenoxy) is 1. The summed E-state index contributed by atoms with van der Waals surface area (Å²) in [4.78, 5) is 15.2. The van der Waals surface area contributed by atoms with Gasteiger partial charge in [-0.05, 0) is 6.07 Å². The summed E-state index contributed by atoms with van der Waals surface area (Å²) >= 11 is 0. The van der Waals surface area contributed by atoms with Crippen LogP contribution in [0, 0.1) is 0 Å². The van der Waals surface area contributed by atoms with Crippen LogP contribution in [0.15, 0.2) is 12.4 Å². The summed E-state index contributed by atoms with van der Waals surface area (Å²) in [6.45, 7) is -0.952. The molecule has 0 saturated heterocycles. The van der Waals surface area contributed by atoms with Crippen LogP contribution in [-0.4, -0.2) is 30.9 Å². The molecule has 0 fully saturated rings. The SMILES string of the molecule is O=C(Cn1nc(C(F)F)cc1C(F)F)OCc1ncn[nH]1. The highest BCUT2D eigenvalue weighted by atomic mass is 19.3. The van der Waals surface area contributed by atoms with Gasteiger partial charge in [-0.25, -0.2) is 22.5 Å². The maximum absolute atomic E-state index is 12.7. The largest absolute Gasteiger partial charge is 0.456 e. The lowest BCUT2D eigenvalue weighted by atomic mass is 10.3. The van der Waals surface area contributed by atoms with Gasteiger partial charge in [0, 0.05) is 0 Å². The number of nitrogens with one attached hydrogen (secondary N) is 1. The first-order valence-electron chi connectivity index (χ1n) is 5.61. The van der Waals surface area contributed by atoms with E-state index in [4.69, 9.17) is 4.74 Å². The molecule has 0 radical (unpaired) electrons. The van der Waals surface area contributed by atoms with E-state index in [0.717, 1.165) is 0 Å². The minimum Gasteiger partial charge on any atom is -0.456 e. The molecule has 7 nitrogen and oxygen atoms in total. The Balaban J connectivity index is 2.02. The third kappa shape index (κ3) is 3.77. The third-order valence-electron chi connectivity index (χ3n) is 2.39. The number of aromatic amines is 1. The number of rotatable bonds is 6. The maximum Gasteiger partial charge on any atom is 0.328 e. The predicted octanol–water partition coefficient (Wildman–Crippen LogP) is 1.62. The molecule has 0 aliphatic rings. The Bertz CT molecular complexity index is 599. The van der Waals surface area contributed by atoms with Crippen LogP contribution >= 0.6 is 0 Å². The fourth-order valence-corrected chi connectivity index (χ4v) is 1.48. The van der Waals surface area contributed by atoms with E-state index in [2.05, 4.69) is 20.3 Å². The van der Waals surface area contributed by atoms with Crippen molar-refractivity contribution in [1.29, 1.82) is 0 Å². The van der Waals surface area contributed by atoms with Gasteiger partial charge in [-0.15, -0.1) is 0 Å². The number of hydrogen-bond donors (Lipinski definition) is 1. The first kappa shape index (κ1) is 14.9. The number of alkyl halides is 4. The summed E-state index contributed by atoms with van der Waals surface area (Å²) in [6, 6.07) is 0.555. The molecule has 0 atom stereocenters. The maximum atomic E-state index is 12.7. The summed E-state index contributed by atoms with van der Waals surface area (Å²) in [6.07, 6.45) is -4.85. The second-order valence-electron chi connectivity index (χ2n) is 3.85. The van der Waals surface area contributed by atoms with Crippen molar-refractivity contribution < 1.29 is 27.1 Å². The Morgan fingerprint density at radius 3 is 2.67 bits per heavy atom. The Morgan fingerprint density at radius 1 is 1.33 bits per heavy atom. The topological polar surface area (TPSA) is 85.7 Å². The minimum atomic E-state index is -3.04. The van der Waals surface area contributed by atoms with Crippen molar-refractivity contribution in [2.45, 2.75) is 26.0 Å². The van der Waals surface area contributed by atoms with E-state index in [-0.39, 0.29) is 12.4 Å². The molecule has 2 heterocycles. The van der Waals surface area contributed by atoms with Crippen molar-refractivity contribution in [2.24, 2.45) is 0 Å². The molecular formula is C10H9F4N5O2. The molecule has 0 aliphatic carbocycles. The van der Waals surface area contributed by atoms with E-state index in [1.165, 1.54) is 6.33 Å². The molecule has 0 aliphatic heterocycles. The zero-order chi connectivity index (χ0) is 15.4. The predicted molar refractivity (Wildman–Crippen MR) is 58.3 cm³/mol. The van der Waals surface area contributed by atoms with E-state index in [1.807, 2.05) is 0 Å². The van der Waals surface area contributed by atoms with Crippen molar-refractivity contribution in [3.8, 4) is 0 Å². The second kappa shape index (κ2) is 6.33. The van der Waals surface area contributed by atoms with Gasteiger partial charge in [0.05, 0.1) is 0 Å². The Kier molecular flexibility index (Phi) is 4.50. The molecule has 114 valence electrons. The number of nitrogens with zero attached hydrogens (tertiary/aromatic N) is 4. The third-order valence-corrected chi connectivity index (χ3v) is 2.39. The quantitative estimate of drug-likeness (QED) is 0.647. The van der Waals surface area contributed by atoms with Crippen LogP contribution in [0.3, 0.4) is 0 Å². The average Bonchev–Trinajstić information content (AvgIpc) is 3.05. The Hall–Kier alpha value is -2.46. The molecule has 0 amide bonds. The van der Waals surface area contributed by atoms with Crippen molar-refractivity contribution in [2.75, 3.05) is 0 Å². The Labute approximate surface area is 114 Å². The number of esters is 1. The summed E-state index contributed by atoms with van der Waals surface area (Å²) in [5.41, 5.74) is -1.60.